The summed E-state index contributed by atoms with van der Waals surface area (Å²) in [6.07, 6.45) is -12.2. The molecule has 50 heavy (non-hydrogen) atoms. The van der Waals surface area contributed by atoms with Crippen LogP contribution >= 0.6 is 0 Å². The SMILES string of the molecule is CCOC[C@@]1(OC)C[C@@H](OC)[C@H](C)O[C@H]1OC(=O)Nc1ccc(-c2nc(NC(=O)C3CC3)n(-c3ccc(OC(F)(F)C(F)(F)F)cc3)n2)cc1. The van der Waals surface area contributed by atoms with Gasteiger partial charge in [-0.3, -0.25) is 15.4 Å². The zero-order valence-corrected chi connectivity index (χ0v) is 27.5. The minimum absolute atomic E-state index is 0.0110. The third-order valence-electron chi connectivity index (χ3n) is 8.15. The zero-order chi connectivity index (χ0) is 36.3. The lowest BCUT2D eigenvalue weighted by Crippen LogP contribution is -2.60. The summed E-state index contributed by atoms with van der Waals surface area (Å²) in [6, 6.07) is 10.5. The molecule has 2 aromatic carbocycles. The molecule has 0 unspecified atom stereocenters. The number of anilines is 2. The van der Waals surface area contributed by atoms with Gasteiger partial charge in [0.25, 0.3) is 0 Å². The van der Waals surface area contributed by atoms with E-state index in [4.69, 9.17) is 23.7 Å². The van der Waals surface area contributed by atoms with Crippen LogP contribution in [0.5, 0.6) is 5.75 Å². The van der Waals surface area contributed by atoms with Crippen molar-refractivity contribution in [1.82, 2.24) is 14.8 Å². The predicted molar refractivity (Wildman–Crippen MR) is 166 cm³/mol. The van der Waals surface area contributed by atoms with E-state index in [9.17, 15) is 31.5 Å². The van der Waals surface area contributed by atoms with Gasteiger partial charge in [-0.25, -0.2) is 4.79 Å². The first-order valence-corrected chi connectivity index (χ1v) is 15.6. The number of halogens is 5. The zero-order valence-electron chi connectivity index (χ0n) is 27.5. The Morgan fingerprint density at radius 3 is 2.28 bits per heavy atom. The van der Waals surface area contributed by atoms with E-state index in [1.165, 1.54) is 23.9 Å². The van der Waals surface area contributed by atoms with E-state index in [2.05, 4.69) is 25.5 Å². The molecule has 2 heterocycles. The fourth-order valence-corrected chi connectivity index (χ4v) is 5.12. The molecule has 2 aliphatic rings. The molecule has 1 saturated carbocycles. The minimum atomic E-state index is -5.91. The van der Waals surface area contributed by atoms with Gasteiger partial charge in [-0.2, -0.15) is 31.6 Å². The van der Waals surface area contributed by atoms with E-state index >= 15 is 0 Å². The maximum Gasteiger partial charge on any atom is 0.499 e. The summed E-state index contributed by atoms with van der Waals surface area (Å²) in [4.78, 5) is 30.0. The lowest BCUT2D eigenvalue weighted by molar-refractivity contribution is -0.360. The molecular weight excluding hydrogens is 677 g/mol. The highest BCUT2D eigenvalue weighted by Gasteiger charge is 2.61. The van der Waals surface area contributed by atoms with E-state index in [0.717, 1.165) is 12.1 Å². The highest BCUT2D eigenvalue weighted by Crippen LogP contribution is 2.38. The number of amides is 2. The largest absolute Gasteiger partial charge is 0.499 e. The van der Waals surface area contributed by atoms with E-state index in [1.807, 2.05) is 6.92 Å². The second-order valence-corrected chi connectivity index (χ2v) is 11.7. The van der Waals surface area contributed by atoms with Crippen LogP contribution in [0, 0.1) is 5.92 Å². The summed E-state index contributed by atoms with van der Waals surface area (Å²) in [5.74, 6) is -1.13. The molecule has 3 aromatic rings. The molecule has 272 valence electrons. The number of carbonyl (C=O) groups is 2. The number of hydrogen-bond acceptors (Lipinski definition) is 10. The summed E-state index contributed by atoms with van der Waals surface area (Å²) in [7, 11) is 3.03. The van der Waals surface area contributed by atoms with Crippen molar-refractivity contribution in [2.75, 3.05) is 38.1 Å². The molecule has 1 aromatic heterocycles. The monoisotopic (exact) mass is 713 g/mol. The quantitative estimate of drug-likeness (QED) is 0.204. The van der Waals surface area contributed by atoms with Gasteiger partial charge in [0.2, 0.25) is 18.1 Å². The highest BCUT2D eigenvalue weighted by atomic mass is 19.4. The van der Waals surface area contributed by atoms with Gasteiger partial charge in [0.15, 0.2) is 11.4 Å². The minimum Gasteiger partial charge on any atom is -0.426 e. The number of carbonyl (C=O) groups excluding carboxylic acids is 2. The van der Waals surface area contributed by atoms with Gasteiger partial charge in [-0.1, -0.05) is 0 Å². The summed E-state index contributed by atoms with van der Waals surface area (Å²) in [6.45, 7) is 4.11. The van der Waals surface area contributed by atoms with Gasteiger partial charge in [0.1, 0.15) is 5.75 Å². The molecule has 1 aliphatic carbocycles. The number of benzene rings is 2. The van der Waals surface area contributed by atoms with Gasteiger partial charge in [0, 0.05) is 44.4 Å². The second kappa shape index (κ2) is 14.8. The number of alkyl halides is 5. The van der Waals surface area contributed by atoms with Gasteiger partial charge in [0.05, 0.1) is 24.5 Å². The van der Waals surface area contributed by atoms with E-state index in [1.54, 1.807) is 38.3 Å². The van der Waals surface area contributed by atoms with Gasteiger partial charge in [-0.15, -0.1) is 5.10 Å². The molecule has 2 N–H and O–H groups in total. The van der Waals surface area contributed by atoms with Crippen LogP contribution in [0.2, 0.25) is 0 Å². The van der Waals surface area contributed by atoms with E-state index < -0.39 is 42.1 Å². The number of rotatable bonds is 13. The lowest BCUT2D eigenvalue weighted by Gasteiger charge is -2.46. The van der Waals surface area contributed by atoms with Gasteiger partial charge in [-0.05, 0) is 75.2 Å². The van der Waals surface area contributed by atoms with Crippen molar-refractivity contribution in [1.29, 1.82) is 0 Å². The molecule has 18 heteroatoms. The van der Waals surface area contributed by atoms with Crippen LogP contribution in [-0.4, -0.2) is 90.6 Å². The van der Waals surface area contributed by atoms with Crippen LogP contribution < -0.4 is 15.4 Å². The summed E-state index contributed by atoms with van der Waals surface area (Å²) in [5, 5.41) is 9.74. The van der Waals surface area contributed by atoms with Crippen molar-refractivity contribution < 1.29 is 60.0 Å². The number of hydrogen-bond donors (Lipinski definition) is 2. The third-order valence-corrected chi connectivity index (χ3v) is 8.15. The smallest absolute Gasteiger partial charge is 0.426 e. The van der Waals surface area contributed by atoms with E-state index in [0.29, 0.717) is 37.1 Å². The molecular formula is C32H36F5N5O8. The Morgan fingerprint density at radius 1 is 1.02 bits per heavy atom. The number of methoxy groups -OCH3 is 2. The van der Waals surface area contributed by atoms with Crippen LogP contribution in [0.25, 0.3) is 17.1 Å². The first-order chi connectivity index (χ1) is 23.7. The Labute approximate surface area is 283 Å². The van der Waals surface area contributed by atoms with Crippen LogP contribution in [0.4, 0.5) is 38.4 Å². The topological polar surface area (TPSA) is 144 Å². The van der Waals surface area contributed by atoms with Gasteiger partial charge < -0.3 is 28.4 Å². The van der Waals surface area contributed by atoms with Crippen LogP contribution in [0.15, 0.2) is 48.5 Å². The van der Waals surface area contributed by atoms with Crippen molar-refractivity contribution in [2.24, 2.45) is 5.92 Å². The fraction of sp³-hybridized carbons (Fsp3) is 0.500. The summed E-state index contributed by atoms with van der Waals surface area (Å²) < 4.78 is 98.1. The average Bonchev–Trinajstić information content (AvgIpc) is 3.85. The standard InChI is InChI=1S/C32H36F5N5O8/c1-5-47-17-30(46-4)16-24(45-3)18(2)48-27(30)49-29(44)38-21-10-8-19(9-11-21)25-39-28(40-26(43)20-6-7-20)42(41-25)22-12-14-23(15-13-22)50-32(36,37)31(33,34)35/h8-15,18,20,24,27H,5-7,16-17H2,1-4H3,(H,38,44)(H,39,40,41,43)/t18-,24+,27-,30-/m0/s1. The Kier molecular flexibility index (Phi) is 10.9. The normalized spacial score (nSPS) is 22.5. The molecule has 0 radical (unpaired) electrons. The Balaban J connectivity index is 1.31. The molecule has 1 aliphatic heterocycles. The third kappa shape index (κ3) is 8.31. The van der Waals surface area contributed by atoms with Crippen molar-refractivity contribution in [2.45, 2.75) is 69.5 Å². The second-order valence-electron chi connectivity index (χ2n) is 11.7. The highest BCUT2D eigenvalue weighted by molar-refractivity contribution is 5.93. The number of ether oxygens (including phenoxy) is 6. The molecule has 0 bridgehead atoms. The van der Waals surface area contributed by atoms with Gasteiger partial charge >= 0.3 is 18.4 Å². The van der Waals surface area contributed by atoms with Crippen molar-refractivity contribution in [3.8, 4) is 22.8 Å². The first kappa shape index (κ1) is 36.9. The van der Waals surface area contributed by atoms with E-state index in [-0.39, 0.29) is 42.0 Å². The van der Waals surface area contributed by atoms with Crippen LogP contribution in [0.1, 0.15) is 33.1 Å². The van der Waals surface area contributed by atoms with Crippen LogP contribution in [0.3, 0.4) is 0 Å². The molecule has 0 spiro atoms. The van der Waals surface area contributed by atoms with Crippen molar-refractivity contribution in [3.63, 3.8) is 0 Å². The molecule has 1 saturated heterocycles. The fourth-order valence-electron chi connectivity index (χ4n) is 5.12. The Bertz CT molecular complexity index is 1640. The van der Waals surface area contributed by atoms with Crippen molar-refractivity contribution >= 4 is 23.6 Å². The lowest BCUT2D eigenvalue weighted by atomic mass is 9.90. The Hall–Kier alpha value is -4.39. The molecule has 13 nitrogen and oxygen atoms in total. The average molecular weight is 714 g/mol. The number of aromatic nitrogens is 3. The first-order valence-electron chi connectivity index (χ1n) is 15.6. The van der Waals surface area contributed by atoms with Crippen molar-refractivity contribution in [3.05, 3.63) is 48.5 Å². The predicted octanol–water partition coefficient (Wildman–Crippen LogP) is 5.94. The number of nitrogens with zero attached hydrogens (tertiary/aromatic N) is 3. The summed E-state index contributed by atoms with van der Waals surface area (Å²) in [5.41, 5.74) is -0.132. The molecule has 4 atom stereocenters. The molecule has 5 rings (SSSR count). The van der Waals surface area contributed by atoms with Crippen LogP contribution in [-0.2, 0) is 28.5 Å². The maximum atomic E-state index is 13.4. The Morgan fingerprint density at radius 2 is 1.70 bits per heavy atom. The summed E-state index contributed by atoms with van der Waals surface area (Å²) >= 11 is 0. The molecule has 2 fully saturated rings. The molecule has 2 amide bonds. The number of nitrogens with one attached hydrogen (secondary N) is 2. The maximum absolute atomic E-state index is 13.4.